The van der Waals surface area contributed by atoms with Crippen LogP contribution in [0.2, 0.25) is 0 Å². The lowest BCUT2D eigenvalue weighted by Crippen LogP contribution is -2.41. The Morgan fingerprint density at radius 1 is 0.889 bits per heavy atom. The maximum absolute atomic E-state index is 11.6. The number of carbonyl (C=O) groups is 1. The zero-order chi connectivity index (χ0) is 19.7. The minimum atomic E-state index is -0.351. The summed E-state index contributed by atoms with van der Waals surface area (Å²) in [6, 6.07) is 16.2. The first kappa shape index (κ1) is 19.7. The first-order valence-electron chi connectivity index (χ1n) is 9.42. The normalized spacial score (nSPS) is 17.7. The summed E-state index contributed by atoms with van der Waals surface area (Å²) in [5.41, 5.74) is 3.49. The van der Waals surface area contributed by atoms with Gasteiger partial charge in [0.05, 0.1) is 24.2 Å². The molecule has 4 nitrogen and oxygen atoms in total. The minimum absolute atomic E-state index is 0.197. The zero-order valence-corrected chi connectivity index (χ0v) is 16.7. The van der Waals surface area contributed by atoms with E-state index < -0.39 is 0 Å². The quantitative estimate of drug-likeness (QED) is 0.597. The third-order valence-corrected chi connectivity index (χ3v) is 5.38. The SMILES string of the molecule is CCOC(=O)Cc1ccc(-c2ccc(B3OC(C)(C)C(C)(C)O3)cc2)cc1. The molecular weight excluding hydrogens is 339 g/mol. The van der Waals surface area contributed by atoms with Crippen molar-refractivity contribution >= 4 is 18.6 Å². The number of hydrogen-bond acceptors (Lipinski definition) is 4. The van der Waals surface area contributed by atoms with Gasteiger partial charge in [0.15, 0.2) is 0 Å². The van der Waals surface area contributed by atoms with Gasteiger partial charge in [0.25, 0.3) is 0 Å². The van der Waals surface area contributed by atoms with Crippen LogP contribution < -0.4 is 5.46 Å². The van der Waals surface area contributed by atoms with Crippen LogP contribution in [-0.2, 0) is 25.3 Å². The van der Waals surface area contributed by atoms with Gasteiger partial charge in [-0.05, 0) is 56.8 Å². The Kier molecular flexibility index (Phi) is 5.45. The number of carbonyl (C=O) groups excluding carboxylic acids is 1. The Morgan fingerprint density at radius 2 is 1.37 bits per heavy atom. The number of esters is 1. The van der Waals surface area contributed by atoms with E-state index in [9.17, 15) is 4.79 Å². The van der Waals surface area contributed by atoms with Crippen molar-refractivity contribution in [2.75, 3.05) is 6.61 Å². The van der Waals surface area contributed by atoms with Crippen LogP contribution in [0.1, 0.15) is 40.2 Å². The molecule has 142 valence electrons. The van der Waals surface area contributed by atoms with E-state index >= 15 is 0 Å². The third kappa shape index (κ3) is 4.25. The number of ether oxygens (including phenoxy) is 1. The van der Waals surface area contributed by atoms with Crippen molar-refractivity contribution in [3.8, 4) is 11.1 Å². The highest BCUT2D eigenvalue weighted by atomic mass is 16.7. The van der Waals surface area contributed by atoms with Gasteiger partial charge in [0.2, 0.25) is 0 Å². The molecule has 5 heteroatoms. The van der Waals surface area contributed by atoms with Crippen molar-refractivity contribution in [3.05, 3.63) is 54.1 Å². The highest BCUT2D eigenvalue weighted by molar-refractivity contribution is 6.62. The fourth-order valence-corrected chi connectivity index (χ4v) is 3.01. The van der Waals surface area contributed by atoms with Crippen LogP contribution in [0.3, 0.4) is 0 Å². The molecule has 1 heterocycles. The van der Waals surface area contributed by atoms with Crippen LogP contribution in [0.4, 0.5) is 0 Å². The molecule has 1 aliphatic heterocycles. The molecule has 0 atom stereocenters. The smallest absolute Gasteiger partial charge is 0.466 e. The summed E-state index contributed by atoms with van der Waals surface area (Å²) in [4.78, 5) is 11.6. The van der Waals surface area contributed by atoms with Crippen molar-refractivity contribution in [3.63, 3.8) is 0 Å². The fraction of sp³-hybridized carbons (Fsp3) is 0.409. The molecule has 0 aromatic heterocycles. The van der Waals surface area contributed by atoms with Crippen LogP contribution in [0, 0.1) is 0 Å². The highest BCUT2D eigenvalue weighted by Crippen LogP contribution is 2.36. The van der Waals surface area contributed by atoms with Crippen LogP contribution >= 0.6 is 0 Å². The summed E-state index contributed by atoms with van der Waals surface area (Å²) in [5, 5.41) is 0. The van der Waals surface area contributed by atoms with Crippen molar-refractivity contribution in [1.29, 1.82) is 0 Å². The van der Waals surface area contributed by atoms with Gasteiger partial charge in [0, 0.05) is 0 Å². The third-order valence-electron chi connectivity index (χ3n) is 5.38. The van der Waals surface area contributed by atoms with Gasteiger partial charge in [-0.3, -0.25) is 4.79 Å². The standard InChI is InChI=1S/C22H27BO4/c1-6-25-20(24)15-16-7-9-17(10-8-16)18-11-13-19(14-12-18)23-26-21(2,3)22(4,5)27-23/h7-14H,6,15H2,1-5H3. The minimum Gasteiger partial charge on any atom is -0.466 e. The molecule has 0 saturated carbocycles. The molecule has 1 saturated heterocycles. The van der Waals surface area contributed by atoms with Crippen molar-refractivity contribution in [1.82, 2.24) is 0 Å². The van der Waals surface area contributed by atoms with Gasteiger partial charge in [-0.2, -0.15) is 0 Å². The lowest BCUT2D eigenvalue weighted by Gasteiger charge is -2.32. The Bertz CT molecular complexity index is 778. The molecule has 3 rings (SSSR count). The van der Waals surface area contributed by atoms with E-state index in [2.05, 4.69) is 39.8 Å². The topological polar surface area (TPSA) is 44.8 Å². The zero-order valence-electron chi connectivity index (χ0n) is 16.7. The molecule has 0 N–H and O–H groups in total. The molecular formula is C22H27BO4. The van der Waals surface area contributed by atoms with Crippen molar-refractivity contribution < 1.29 is 18.8 Å². The molecule has 0 aliphatic carbocycles. The van der Waals surface area contributed by atoms with E-state index in [4.69, 9.17) is 14.0 Å². The molecule has 2 aromatic carbocycles. The van der Waals surface area contributed by atoms with Gasteiger partial charge >= 0.3 is 13.1 Å². The summed E-state index contributed by atoms with van der Waals surface area (Å²) in [7, 11) is -0.351. The highest BCUT2D eigenvalue weighted by Gasteiger charge is 2.51. The fourth-order valence-electron chi connectivity index (χ4n) is 3.01. The first-order valence-corrected chi connectivity index (χ1v) is 9.42. The van der Waals surface area contributed by atoms with E-state index in [1.54, 1.807) is 0 Å². The number of hydrogen-bond donors (Lipinski definition) is 0. The largest absolute Gasteiger partial charge is 0.494 e. The molecule has 0 radical (unpaired) electrons. The van der Waals surface area contributed by atoms with Crippen LogP contribution in [-0.4, -0.2) is 30.9 Å². The molecule has 1 aliphatic rings. The average molecular weight is 366 g/mol. The van der Waals surface area contributed by atoms with E-state index in [1.165, 1.54) is 0 Å². The summed E-state index contributed by atoms with van der Waals surface area (Å²) < 4.78 is 17.2. The molecule has 1 fully saturated rings. The maximum Gasteiger partial charge on any atom is 0.494 e. The lowest BCUT2D eigenvalue weighted by atomic mass is 9.78. The second kappa shape index (κ2) is 7.49. The van der Waals surface area contributed by atoms with E-state index in [0.717, 1.165) is 22.2 Å². The van der Waals surface area contributed by atoms with Gasteiger partial charge in [-0.15, -0.1) is 0 Å². The van der Waals surface area contributed by atoms with Crippen molar-refractivity contribution in [2.45, 2.75) is 52.2 Å². The Labute approximate surface area is 162 Å². The van der Waals surface area contributed by atoms with Gasteiger partial charge < -0.3 is 14.0 Å². The summed E-state index contributed by atoms with van der Waals surface area (Å²) in [6.07, 6.45) is 0.301. The first-order chi connectivity index (χ1) is 12.7. The van der Waals surface area contributed by atoms with Gasteiger partial charge in [-0.1, -0.05) is 48.5 Å². The van der Waals surface area contributed by atoms with E-state index in [0.29, 0.717) is 13.0 Å². The maximum atomic E-state index is 11.6. The number of rotatable bonds is 5. The Morgan fingerprint density at radius 3 is 1.85 bits per heavy atom. The average Bonchev–Trinajstić information content (AvgIpc) is 2.84. The second-order valence-corrected chi connectivity index (χ2v) is 7.89. The van der Waals surface area contributed by atoms with Gasteiger partial charge in [-0.25, -0.2) is 0 Å². The molecule has 2 aromatic rings. The monoisotopic (exact) mass is 366 g/mol. The Hall–Kier alpha value is -2.11. The molecule has 0 spiro atoms. The molecule has 27 heavy (non-hydrogen) atoms. The van der Waals surface area contributed by atoms with Crippen molar-refractivity contribution in [2.24, 2.45) is 0 Å². The predicted octanol–water partition coefficient (Wildman–Crippen LogP) is 3.76. The molecule has 0 bridgehead atoms. The van der Waals surface area contributed by atoms with Crippen LogP contribution in [0.15, 0.2) is 48.5 Å². The molecule has 0 amide bonds. The Balaban J connectivity index is 1.70. The summed E-state index contributed by atoms with van der Waals surface area (Å²) in [5.74, 6) is -0.197. The predicted molar refractivity (Wildman–Crippen MR) is 108 cm³/mol. The molecule has 0 unspecified atom stereocenters. The van der Waals surface area contributed by atoms with Gasteiger partial charge in [0.1, 0.15) is 0 Å². The summed E-state index contributed by atoms with van der Waals surface area (Å²) in [6.45, 7) is 10.4. The second-order valence-electron chi connectivity index (χ2n) is 7.89. The number of benzene rings is 2. The van der Waals surface area contributed by atoms with Crippen LogP contribution in [0.25, 0.3) is 11.1 Å². The van der Waals surface area contributed by atoms with E-state index in [-0.39, 0.29) is 24.3 Å². The summed E-state index contributed by atoms with van der Waals surface area (Å²) >= 11 is 0. The lowest BCUT2D eigenvalue weighted by molar-refractivity contribution is -0.142. The van der Waals surface area contributed by atoms with Crippen LogP contribution in [0.5, 0.6) is 0 Å². The van der Waals surface area contributed by atoms with E-state index in [1.807, 2.05) is 43.3 Å².